The van der Waals surface area contributed by atoms with Crippen LogP contribution in [-0.4, -0.2) is 23.1 Å². The highest BCUT2D eigenvalue weighted by atomic mass is 79.9. The number of carbonyl (C=O) groups is 1. The lowest BCUT2D eigenvalue weighted by Crippen LogP contribution is -2.09. The summed E-state index contributed by atoms with van der Waals surface area (Å²) >= 11 is 3.19. The molecule has 0 rings (SSSR count). The average Bonchev–Trinajstić information content (AvgIpc) is 1.97. The number of alkyl halides is 2. The molecule has 2 nitrogen and oxygen atoms in total. The molecule has 11 heavy (non-hydrogen) atoms. The van der Waals surface area contributed by atoms with Crippen LogP contribution in [0.5, 0.6) is 0 Å². The fourth-order valence-corrected chi connectivity index (χ4v) is 1.40. The van der Waals surface area contributed by atoms with Gasteiger partial charge in [-0.15, -0.1) is 0 Å². The summed E-state index contributed by atoms with van der Waals surface area (Å²) < 4.78 is 11.7. The van der Waals surface area contributed by atoms with Crippen LogP contribution in [0.2, 0.25) is 0 Å². The lowest BCUT2D eigenvalue weighted by molar-refractivity contribution is -0.137. The number of halogens is 2. The van der Waals surface area contributed by atoms with Gasteiger partial charge in [0.1, 0.15) is 0 Å². The van der Waals surface area contributed by atoms with Crippen LogP contribution in [0.4, 0.5) is 4.39 Å². The van der Waals surface area contributed by atoms with Gasteiger partial charge in [0.05, 0.1) is 6.67 Å². The fourth-order valence-electron chi connectivity index (χ4n) is 0.847. The minimum atomic E-state index is -0.812. The Balaban J connectivity index is 3.49. The van der Waals surface area contributed by atoms with E-state index in [0.717, 1.165) is 0 Å². The van der Waals surface area contributed by atoms with Gasteiger partial charge in [0.15, 0.2) is 0 Å². The Hall–Kier alpha value is -0.120. The predicted molar refractivity (Wildman–Crippen MR) is 44.7 cm³/mol. The zero-order valence-electron chi connectivity index (χ0n) is 6.22. The van der Waals surface area contributed by atoms with E-state index >= 15 is 0 Å². The van der Waals surface area contributed by atoms with Gasteiger partial charge < -0.3 is 5.11 Å². The Labute approximate surface area is 73.9 Å². The largest absolute Gasteiger partial charge is 0.481 e. The van der Waals surface area contributed by atoms with Crippen molar-refractivity contribution < 1.29 is 14.3 Å². The Morgan fingerprint density at radius 1 is 1.64 bits per heavy atom. The zero-order valence-corrected chi connectivity index (χ0v) is 7.81. The molecule has 0 fully saturated rings. The summed E-state index contributed by atoms with van der Waals surface area (Å²) in [6.45, 7) is -0.358. The van der Waals surface area contributed by atoms with Crippen LogP contribution in [0.1, 0.15) is 19.3 Å². The summed E-state index contributed by atoms with van der Waals surface area (Å²) in [7, 11) is 0. The second kappa shape index (κ2) is 6.58. The van der Waals surface area contributed by atoms with Crippen molar-refractivity contribution in [3.63, 3.8) is 0 Å². The highest BCUT2D eigenvalue weighted by Crippen LogP contribution is 2.13. The standard InChI is InChI=1S/C7H12BrFO2/c8-5-6(2-1-3-9)4-7(10)11/h6H,1-5H2,(H,10,11). The number of rotatable bonds is 6. The molecule has 0 aliphatic heterocycles. The Kier molecular flexibility index (Phi) is 6.51. The molecular weight excluding hydrogens is 215 g/mol. The summed E-state index contributed by atoms with van der Waals surface area (Å²) in [6.07, 6.45) is 1.24. The SMILES string of the molecule is O=C(O)CC(CBr)CCCF. The number of carboxylic acids is 1. The molecule has 0 amide bonds. The normalized spacial score (nSPS) is 12.9. The van der Waals surface area contributed by atoms with Gasteiger partial charge in [0, 0.05) is 11.8 Å². The van der Waals surface area contributed by atoms with Crippen molar-refractivity contribution in [1.82, 2.24) is 0 Å². The Morgan fingerprint density at radius 3 is 2.64 bits per heavy atom. The molecule has 0 spiro atoms. The first-order chi connectivity index (χ1) is 5.20. The van der Waals surface area contributed by atoms with Gasteiger partial charge in [-0.3, -0.25) is 9.18 Å². The maximum Gasteiger partial charge on any atom is 0.303 e. The van der Waals surface area contributed by atoms with Crippen molar-refractivity contribution in [2.45, 2.75) is 19.3 Å². The third-order valence-corrected chi connectivity index (χ3v) is 2.34. The number of carboxylic acid groups (broad SMARTS) is 1. The maximum atomic E-state index is 11.7. The quantitative estimate of drug-likeness (QED) is 0.706. The van der Waals surface area contributed by atoms with Crippen LogP contribution in [0.25, 0.3) is 0 Å². The van der Waals surface area contributed by atoms with Gasteiger partial charge in [-0.2, -0.15) is 0 Å². The topological polar surface area (TPSA) is 37.3 Å². The first-order valence-corrected chi connectivity index (χ1v) is 4.66. The van der Waals surface area contributed by atoms with E-state index in [2.05, 4.69) is 15.9 Å². The molecule has 0 aromatic heterocycles. The molecule has 4 heteroatoms. The monoisotopic (exact) mass is 226 g/mol. The lowest BCUT2D eigenvalue weighted by atomic mass is 10.0. The van der Waals surface area contributed by atoms with Crippen molar-refractivity contribution in [2.24, 2.45) is 5.92 Å². The molecule has 0 aromatic carbocycles. The van der Waals surface area contributed by atoms with Crippen LogP contribution in [0.3, 0.4) is 0 Å². The van der Waals surface area contributed by atoms with Crippen LogP contribution < -0.4 is 0 Å². The van der Waals surface area contributed by atoms with E-state index in [4.69, 9.17) is 5.11 Å². The first-order valence-electron chi connectivity index (χ1n) is 3.54. The van der Waals surface area contributed by atoms with E-state index in [9.17, 15) is 9.18 Å². The molecule has 0 saturated carbocycles. The molecule has 0 aliphatic carbocycles. The van der Waals surface area contributed by atoms with Crippen LogP contribution in [0, 0.1) is 5.92 Å². The van der Waals surface area contributed by atoms with E-state index in [-0.39, 0.29) is 19.0 Å². The molecule has 1 atom stereocenters. The smallest absolute Gasteiger partial charge is 0.303 e. The van der Waals surface area contributed by atoms with E-state index in [1.165, 1.54) is 0 Å². The third kappa shape index (κ3) is 6.28. The van der Waals surface area contributed by atoms with E-state index in [0.29, 0.717) is 18.2 Å². The van der Waals surface area contributed by atoms with E-state index in [1.54, 1.807) is 0 Å². The zero-order chi connectivity index (χ0) is 8.69. The fraction of sp³-hybridized carbons (Fsp3) is 0.857. The number of hydrogen-bond acceptors (Lipinski definition) is 1. The second-order valence-corrected chi connectivity index (χ2v) is 3.10. The third-order valence-electron chi connectivity index (χ3n) is 1.43. The molecule has 0 aromatic rings. The van der Waals surface area contributed by atoms with Crippen molar-refractivity contribution in [2.75, 3.05) is 12.0 Å². The van der Waals surface area contributed by atoms with Crippen LogP contribution in [-0.2, 0) is 4.79 Å². The average molecular weight is 227 g/mol. The van der Waals surface area contributed by atoms with Gasteiger partial charge in [-0.1, -0.05) is 15.9 Å². The maximum absolute atomic E-state index is 11.7. The van der Waals surface area contributed by atoms with Gasteiger partial charge >= 0.3 is 5.97 Å². The first kappa shape index (κ1) is 10.9. The summed E-state index contributed by atoms with van der Waals surface area (Å²) in [5.74, 6) is -0.739. The van der Waals surface area contributed by atoms with Crippen molar-refractivity contribution in [3.8, 4) is 0 Å². The summed E-state index contributed by atoms with van der Waals surface area (Å²) in [6, 6.07) is 0. The summed E-state index contributed by atoms with van der Waals surface area (Å²) in [4.78, 5) is 10.2. The highest BCUT2D eigenvalue weighted by molar-refractivity contribution is 9.09. The highest BCUT2D eigenvalue weighted by Gasteiger charge is 2.10. The molecule has 1 unspecified atom stereocenters. The van der Waals surface area contributed by atoms with Crippen molar-refractivity contribution in [1.29, 1.82) is 0 Å². The lowest BCUT2D eigenvalue weighted by Gasteiger charge is -2.08. The molecular formula is C7H12BrFO2. The molecule has 0 aliphatic rings. The van der Waals surface area contributed by atoms with E-state index < -0.39 is 5.97 Å². The number of hydrogen-bond donors (Lipinski definition) is 1. The Bertz CT molecular complexity index is 119. The number of aliphatic carboxylic acids is 1. The van der Waals surface area contributed by atoms with Gasteiger partial charge in [-0.25, -0.2) is 0 Å². The van der Waals surface area contributed by atoms with Gasteiger partial charge in [0.25, 0.3) is 0 Å². The van der Waals surface area contributed by atoms with E-state index in [1.807, 2.05) is 0 Å². The molecule has 66 valence electrons. The van der Waals surface area contributed by atoms with Crippen LogP contribution >= 0.6 is 15.9 Å². The molecule has 1 N–H and O–H groups in total. The molecule has 0 heterocycles. The van der Waals surface area contributed by atoms with Gasteiger partial charge in [-0.05, 0) is 18.8 Å². The summed E-state index contributed by atoms with van der Waals surface area (Å²) in [5, 5.41) is 9.04. The minimum Gasteiger partial charge on any atom is -0.481 e. The van der Waals surface area contributed by atoms with Crippen molar-refractivity contribution >= 4 is 21.9 Å². The second-order valence-electron chi connectivity index (χ2n) is 2.45. The summed E-state index contributed by atoms with van der Waals surface area (Å²) in [5.41, 5.74) is 0. The van der Waals surface area contributed by atoms with Crippen molar-refractivity contribution in [3.05, 3.63) is 0 Å². The Morgan fingerprint density at radius 2 is 2.27 bits per heavy atom. The van der Waals surface area contributed by atoms with Crippen LogP contribution in [0.15, 0.2) is 0 Å². The molecule has 0 radical (unpaired) electrons. The predicted octanol–water partition coefficient (Wildman–Crippen LogP) is 2.22. The molecule has 0 saturated heterocycles. The minimum absolute atomic E-state index is 0.0725. The van der Waals surface area contributed by atoms with Gasteiger partial charge in [0.2, 0.25) is 0 Å². The molecule has 0 bridgehead atoms.